The van der Waals surface area contributed by atoms with E-state index in [1.165, 1.54) is 44.2 Å². The third kappa shape index (κ3) is 6.07. The molecule has 0 spiro atoms. The second-order valence-corrected chi connectivity index (χ2v) is 11.6. The molecular weight excluding hydrogens is 402 g/mol. The molecule has 23 heavy (non-hydrogen) atoms. The average molecular weight is 430 g/mol. The molecule has 0 aromatic heterocycles. The number of anilines is 1. The van der Waals surface area contributed by atoms with Gasteiger partial charge in [0.2, 0.25) is 0 Å². The first kappa shape index (κ1) is 21.6. The maximum atomic E-state index is 12.6. The molecule has 1 heterocycles. The van der Waals surface area contributed by atoms with Crippen molar-refractivity contribution in [3.05, 3.63) is 28.3 Å². The maximum absolute atomic E-state index is 12.6. The number of hydrogen-bond acceptors (Lipinski definition) is 1. The minimum absolute atomic E-state index is 0. The van der Waals surface area contributed by atoms with Gasteiger partial charge in [-0.2, -0.15) is 0 Å². The fraction of sp³-hybridized carbons (Fsp3) is 0.611. The second-order valence-electron chi connectivity index (χ2n) is 6.64. The van der Waals surface area contributed by atoms with Gasteiger partial charge in [0.15, 0.2) is 0 Å². The van der Waals surface area contributed by atoms with Crippen molar-refractivity contribution < 1.29 is 37.5 Å². The zero-order valence-corrected chi connectivity index (χ0v) is 19.1. The molecule has 1 fully saturated rings. The van der Waals surface area contributed by atoms with Gasteiger partial charge in [-0.25, -0.2) is 0 Å². The van der Waals surface area contributed by atoms with E-state index in [2.05, 4.69) is 12.2 Å². The largest absolute Gasteiger partial charge is 0.322 e. The molecule has 1 aromatic rings. The monoisotopic (exact) mass is 429 g/mol. The summed E-state index contributed by atoms with van der Waals surface area (Å²) in [5, 5.41) is 3.89. The summed E-state index contributed by atoms with van der Waals surface area (Å²) < 4.78 is 0. The summed E-state index contributed by atoms with van der Waals surface area (Å²) in [4.78, 5) is 12.6. The molecule has 0 atom stereocenters. The van der Waals surface area contributed by atoms with Gasteiger partial charge in [0.25, 0.3) is 5.91 Å². The Morgan fingerprint density at radius 1 is 1.13 bits per heavy atom. The number of carbonyl (C=O) groups excluding carboxylic acids is 1. The standard InChI is InChI=1S/C18H27ClNOP.Y/c1-4-22(9-7-5-6-8-10-22)13-17(21)20-18-14(2)11-16(19)12-15(18)3;/h11-12H,4-10,13H2,1-3H3;/p+1. The Balaban J connectivity index is 0.00000264. The summed E-state index contributed by atoms with van der Waals surface area (Å²) >= 11 is 6.07. The van der Waals surface area contributed by atoms with Gasteiger partial charge in [0.05, 0.1) is 18.5 Å². The third-order valence-corrected chi connectivity index (χ3v) is 9.97. The molecule has 0 bridgehead atoms. The molecule has 0 aliphatic carbocycles. The Morgan fingerprint density at radius 3 is 2.13 bits per heavy atom. The Labute approximate surface area is 171 Å². The molecule has 1 amide bonds. The van der Waals surface area contributed by atoms with E-state index >= 15 is 0 Å². The number of carbonyl (C=O) groups is 1. The molecule has 1 aromatic carbocycles. The summed E-state index contributed by atoms with van der Waals surface area (Å²) in [5.74, 6) is 0.200. The van der Waals surface area contributed by atoms with Crippen LogP contribution in [0, 0.1) is 13.8 Å². The van der Waals surface area contributed by atoms with Crippen LogP contribution in [0.2, 0.25) is 5.02 Å². The number of halogens is 1. The van der Waals surface area contributed by atoms with E-state index in [0.29, 0.717) is 0 Å². The van der Waals surface area contributed by atoms with Gasteiger partial charge in [0, 0.05) is 50.7 Å². The van der Waals surface area contributed by atoms with Crippen molar-refractivity contribution in [3.63, 3.8) is 0 Å². The molecule has 2 nitrogen and oxygen atoms in total. The van der Waals surface area contributed by atoms with Crippen molar-refractivity contribution in [2.24, 2.45) is 0 Å². The first-order valence-corrected chi connectivity index (χ1v) is 11.3. The van der Waals surface area contributed by atoms with Crippen molar-refractivity contribution in [2.45, 2.75) is 46.5 Å². The molecule has 1 aliphatic heterocycles. The van der Waals surface area contributed by atoms with Gasteiger partial charge in [-0.15, -0.1) is 0 Å². The Bertz CT molecular complexity index is 519. The molecule has 5 heteroatoms. The number of hydrogen-bond donors (Lipinski definition) is 1. The van der Waals surface area contributed by atoms with Crippen LogP contribution in [0.3, 0.4) is 0 Å². The van der Waals surface area contributed by atoms with Crippen LogP contribution in [0.5, 0.6) is 0 Å². The van der Waals surface area contributed by atoms with E-state index in [0.717, 1.165) is 28.0 Å². The van der Waals surface area contributed by atoms with Crippen molar-refractivity contribution in [2.75, 3.05) is 30.0 Å². The van der Waals surface area contributed by atoms with Gasteiger partial charge in [-0.1, -0.05) is 11.6 Å². The van der Waals surface area contributed by atoms with Gasteiger partial charge in [0.1, 0.15) is 6.16 Å². The van der Waals surface area contributed by atoms with Crippen molar-refractivity contribution >= 4 is 30.5 Å². The number of amides is 1. The van der Waals surface area contributed by atoms with E-state index < -0.39 is 7.26 Å². The fourth-order valence-corrected chi connectivity index (χ4v) is 7.74. The van der Waals surface area contributed by atoms with E-state index in [-0.39, 0.29) is 38.6 Å². The molecule has 1 saturated heterocycles. The van der Waals surface area contributed by atoms with Crippen LogP contribution in [-0.2, 0) is 37.5 Å². The number of aryl methyl sites for hydroxylation is 2. The Hall–Kier alpha value is 0.514. The van der Waals surface area contributed by atoms with E-state index in [9.17, 15) is 4.79 Å². The van der Waals surface area contributed by atoms with E-state index in [4.69, 9.17) is 11.6 Å². The third-order valence-electron chi connectivity index (χ3n) is 4.93. The van der Waals surface area contributed by atoms with Crippen LogP contribution in [-0.4, -0.2) is 30.6 Å². The zero-order valence-electron chi connectivity index (χ0n) is 14.6. The van der Waals surface area contributed by atoms with E-state index in [1.54, 1.807) is 0 Å². The topological polar surface area (TPSA) is 29.1 Å². The van der Waals surface area contributed by atoms with Gasteiger partial charge < -0.3 is 5.32 Å². The molecular formula is C18H28ClNOPY+. The number of nitrogens with one attached hydrogen (secondary N) is 1. The normalized spacial score (nSPS) is 17.0. The summed E-state index contributed by atoms with van der Waals surface area (Å²) in [6, 6.07) is 3.83. The smallest absolute Gasteiger partial charge is 0.261 e. The predicted octanol–water partition coefficient (Wildman–Crippen LogP) is 5.50. The first-order valence-electron chi connectivity index (χ1n) is 8.37. The summed E-state index contributed by atoms with van der Waals surface area (Å²) in [7, 11) is -1.09. The fourth-order valence-electron chi connectivity index (χ4n) is 3.54. The van der Waals surface area contributed by atoms with Crippen LogP contribution in [0.1, 0.15) is 43.7 Å². The molecule has 125 valence electrons. The number of benzene rings is 1. The van der Waals surface area contributed by atoms with Crippen LogP contribution in [0.25, 0.3) is 0 Å². The van der Waals surface area contributed by atoms with Gasteiger partial charge in [-0.05, 0) is 69.7 Å². The van der Waals surface area contributed by atoms with Crippen LogP contribution in [0.15, 0.2) is 12.1 Å². The quantitative estimate of drug-likeness (QED) is 0.629. The first-order chi connectivity index (χ1) is 10.5. The number of rotatable bonds is 4. The predicted molar refractivity (Wildman–Crippen MR) is 100 cm³/mol. The molecule has 0 unspecified atom stereocenters. The molecule has 1 aliphatic rings. The van der Waals surface area contributed by atoms with Crippen molar-refractivity contribution in [1.29, 1.82) is 0 Å². The second kappa shape index (κ2) is 9.86. The molecule has 1 N–H and O–H groups in total. The van der Waals surface area contributed by atoms with Crippen LogP contribution in [0.4, 0.5) is 5.69 Å². The Kier molecular flexibility index (Phi) is 9.24. The molecule has 1 radical (unpaired) electrons. The average Bonchev–Trinajstić information content (AvgIpc) is 2.69. The Morgan fingerprint density at radius 2 is 1.65 bits per heavy atom. The zero-order chi connectivity index (χ0) is 16.2. The van der Waals surface area contributed by atoms with Crippen LogP contribution < -0.4 is 5.32 Å². The SMILES string of the molecule is CC[P+]1(CC(=O)Nc2c(C)cc(Cl)cc2C)CCCCCC1.[Y]. The van der Waals surface area contributed by atoms with Gasteiger partial charge in [-0.3, -0.25) is 4.79 Å². The van der Waals surface area contributed by atoms with Crippen molar-refractivity contribution in [3.8, 4) is 0 Å². The van der Waals surface area contributed by atoms with E-state index in [1.807, 2.05) is 26.0 Å². The maximum Gasteiger partial charge on any atom is 0.261 e. The van der Waals surface area contributed by atoms with Crippen LogP contribution >= 0.6 is 18.9 Å². The molecule has 0 saturated carbocycles. The molecule has 2 rings (SSSR count). The summed E-state index contributed by atoms with van der Waals surface area (Å²) in [6.45, 7) is 6.29. The minimum Gasteiger partial charge on any atom is -0.322 e. The minimum atomic E-state index is -1.09. The summed E-state index contributed by atoms with van der Waals surface area (Å²) in [6.07, 6.45) is 9.88. The summed E-state index contributed by atoms with van der Waals surface area (Å²) in [5.41, 5.74) is 3.03. The van der Waals surface area contributed by atoms with Crippen molar-refractivity contribution in [1.82, 2.24) is 0 Å². The van der Waals surface area contributed by atoms with Gasteiger partial charge >= 0.3 is 0 Å².